The summed E-state index contributed by atoms with van der Waals surface area (Å²) < 4.78 is 11.8. The SMILES string of the molecule is CC1=C(C)C(=O)O[C@@H]([C@](C)(O)[C@H]2CC[C@@H]3[C@]2(C)CC[C@H]2[C@@]3(O)[C@H]3O[C@H]3[C@@]3(O)CC=CC(=O)[C@]23C)C1. The number of hydrogen-bond acceptors (Lipinski definition) is 7. The molecule has 192 valence electrons. The lowest BCUT2D eigenvalue weighted by molar-refractivity contribution is -0.244. The third kappa shape index (κ3) is 2.61. The summed E-state index contributed by atoms with van der Waals surface area (Å²) in [6, 6.07) is 0. The molecule has 6 aliphatic rings. The van der Waals surface area contributed by atoms with Crippen molar-refractivity contribution in [1.82, 2.24) is 0 Å². The molecule has 0 unspecified atom stereocenters. The maximum Gasteiger partial charge on any atom is 0.334 e. The predicted molar refractivity (Wildman–Crippen MR) is 126 cm³/mol. The third-order valence-electron chi connectivity index (χ3n) is 11.7. The molecule has 6 rings (SSSR count). The van der Waals surface area contributed by atoms with Crippen LogP contribution in [0, 0.1) is 28.6 Å². The van der Waals surface area contributed by atoms with E-state index >= 15 is 0 Å². The van der Waals surface area contributed by atoms with Crippen molar-refractivity contribution in [3.8, 4) is 0 Å². The van der Waals surface area contributed by atoms with Gasteiger partial charge in [-0.3, -0.25) is 4.79 Å². The number of allylic oxidation sites excluding steroid dienone is 1. The molecule has 4 fully saturated rings. The van der Waals surface area contributed by atoms with Gasteiger partial charge in [0, 0.05) is 17.9 Å². The number of cyclic esters (lactones) is 1. The van der Waals surface area contributed by atoms with Crippen molar-refractivity contribution in [3.63, 3.8) is 0 Å². The van der Waals surface area contributed by atoms with Gasteiger partial charge in [-0.1, -0.05) is 18.6 Å². The Kier molecular flexibility index (Phi) is 4.67. The lowest BCUT2D eigenvalue weighted by atomic mass is 9.41. The van der Waals surface area contributed by atoms with Crippen LogP contribution in [-0.4, -0.2) is 62.2 Å². The van der Waals surface area contributed by atoms with Crippen LogP contribution in [0.5, 0.6) is 0 Å². The Balaban J connectivity index is 1.37. The third-order valence-corrected chi connectivity index (χ3v) is 11.7. The van der Waals surface area contributed by atoms with E-state index in [1.807, 2.05) is 13.8 Å². The van der Waals surface area contributed by atoms with Gasteiger partial charge in [0.05, 0.1) is 5.41 Å². The van der Waals surface area contributed by atoms with Crippen LogP contribution in [0.4, 0.5) is 0 Å². The second kappa shape index (κ2) is 6.85. The van der Waals surface area contributed by atoms with Crippen molar-refractivity contribution in [1.29, 1.82) is 0 Å². The summed E-state index contributed by atoms with van der Waals surface area (Å²) in [5.74, 6) is -1.33. The predicted octanol–water partition coefficient (Wildman–Crippen LogP) is 2.61. The van der Waals surface area contributed by atoms with Gasteiger partial charge in [0.25, 0.3) is 0 Å². The van der Waals surface area contributed by atoms with E-state index < -0.39 is 51.9 Å². The van der Waals surface area contributed by atoms with Crippen molar-refractivity contribution >= 4 is 11.8 Å². The summed E-state index contributed by atoms with van der Waals surface area (Å²) in [5.41, 5.74) is -3.85. The Bertz CT molecular complexity index is 1080. The summed E-state index contributed by atoms with van der Waals surface area (Å²) in [6.07, 6.45) is 5.04. The van der Waals surface area contributed by atoms with E-state index in [0.29, 0.717) is 44.1 Å². The van der Waals surface area contributed by atoms with Crippen molar-refractivity contribution in [3.05, 3.63) is 23.3 Å². The highest BCUT2D eigenvalue weighted by Gasteiger charge is 2.83. The Morgan fingerprint density at radius 1 is 1.06 bits per heavy atom. The quantitative estimate of drug-likeness (QED) is 0.406. The zero-order chi connectivity index (χ0) is 25.3. The van der Waals surface area contributed by atoms with E-state index in [1.165, 1.54) is 0 Å². The molecule has 0 aromatic rings. The molecule has 0 amide bonds. The highest BCUT2D eigenvalue weighted by Crippen LogP contribution is 2.73. The number of carbonyl (C=O) groups is 2. The minimum atomic E-state index is -1.31. The fourth-order valence-corrected chi connectivity index (χ4v) is 9.45. The normalized spacial score (nSPS) is 54.3. The molecule has 35 heavy (non-hydrogen) atoms. The number of ether oxygens (including phenoxy) is 2. The Labute approximate surface area is 206 Å². The van der Waals surface area contributed by atoms with Gasteiger partial charge >= 0.3 is 5.97 Å². The maximum absolute atomic E-state index is 13.3. The number of rotatable bonds is 2. The molecule has 4 aliphatic carbocycles. The first-order valence-electron chi connectivity index (χ1n) is 13.1. The number of fused-ring (bicyclic) bond motifs is 8. The molecule has 11 atom stereocenters. The van der Waals surface area contributed by atoms with Gasteiger partial charge in [-0.2, -0.15) is 0 Å². The molecule has 0 radical (unpaired) electrons. The summed E-state index contributed by atoms with van der Waals surface area (Å²) >= 11 is 0. The smallest absolute Gasteiger partial charge is 0.334 e. The Morgan fingerprint density at radius 2 is 1.77 bits per heavy atom. The monoisotopic (exact) mass is 486 g/mol. The largest absolute Gasteiger partial charge is 0.456 e. The first-order chi connectivity index (χ1) is 16.2. The Morgan fingerprint density at radius 3 is 2.46 bits per heavy atom. The number of carbonyl (C=O) groups excluding carboxylic acids is 2. The van der Waals surface area contributed by atoms with E-state index in [1.54, 1.807) is 26.0 Å². The number of aliphatic hydroxyl groups is 3. The topological polar surface area (TPSA) is 117 Å². The molecule has 1 saturated heterocycles. The average molecular weight is 487 g/mol. The van der Waals surface area contributed by atoms with Crippen molar-refractivity contribution in [2.75, 3.05) is 0 Å². The molecule has 2 aliphatic heterocycles. The highest BCUT2D eigenvalue weighted by molar-refractivity contribution is 5.97. The summed E-state index contributed by atoms with van der Waals surface area (Å²) in [6.45, 7) is 9.40. The van der Waals surface area contributed by atoms with Gasteiger partial charge in [0.15, 0.2) is 5.78 Å². The minimum absolute atomic E-state index is 0.138. The zero-order valence-electron chi connectivity index (χ0n) is 21.3. The van der Waals surface area contributed by atoms with Crippen LogP contribution in [-0.2, 0) is 19.1 Å². The summed E-state index contributed by atoms with van der Waals surface area (Å²) in [5, 5.41) is 36.1. The molecular formula is C28H38O7. The van der Waals surface area contributed by atoms with Gasteiger partial charge in [0.2, 0.25) is 0 Å². The zero-order valence-corrected chi connectivity index (χ0v) is 21.3. The summed E-state index contributed by atoms with van der Waals surface area (Å²) in [7, 11) is 0. The van der Waals surface area contributed by atoms with E-state index in [2.05, 4.69) is 6.92 Å². The van der Waals surface area contributed by atoms with Crippen LogP contribution in [0.15, 0.2) is 23.3 Å². The lowest BCUT2D eigenvalue weighted by Gasteiger charge is -2.63. The van der Waals surface area contributed by atoms with Crippen molar-refractivity contribution < 1.29 is 34.4 Å². The van der Waals surface area contributed by atoms with Gasteiger partial charge in [-0.25, -0.2) is 4.79 Å². The van der Waals surface area contributed by atoms with E-state index in [9.17, 15) is 24.9 Å². The average Bonchev–Trinajstić information content (AvgIpc) is 3.52. The van der Waals surface area contributed by atoms with Crippen molar-refractivity contribution in [2.45, 2.75) is 108 Å². The standard InChI is InChI=1S/C28H38O7/c1-14-13-20(34-23(30)15(14)2)26(5,31)16-8-9-17-24(16,3)12-10-18-25(4)19(29)7-6-11-27(25,32)21-22(35-21)28(17,18)33/h6-7,16-18,20-22,31-33H,8-13H2,1-5H3/t16-,17+,18+,20+,21+,22-,24+,25-,26+,27-,28+/m0/s1. The van der Waals surface area contributed by atoms with Crippen LogP contribution in [0.2, 0.25) is 0 Å². The number of esters is 1. The van der Waals surface area contributed by atoms with Gasteiger partial charge in [-0.05, 0) is 83.1 Å². The molecule has 3 saturated carbocycles. The fourth-order valence-electron chi connectivity index (χ4n) is 9.45. The number of ketones is 1. The molecule has 0 spiro atoms. The lowest BCUT2D eigenvalue weighted by Crippen LogP contribution is -2.74. The highest BCUT2D eigenvalue weighted by atomic mass is 16.6. The first-order valence-corrected chi connectivity index (χ1v) is 13.1. The van der Waals surface area contributed by atoms with Crippen molar-refractivity contribution in [2.24, 2.45) is 28.6 Å². The molecule has 0 aromatic heterocycles. The molecular weight excluding hydrogens is 448 g/mol. The van der Waals surface area contributed by atoms with E-state index in [4.69, 9.17) is 9.47 Å². The molecule has 0 bridgehead atoms. The number of hydrogen-bond donors (Lipinski definition) is 3. The molecule has 2 heterocycles. The fraction of sp³-hybridized carbons (Fsp3) is 0.786. The Hall–Kier alpha value is -1.54. The number of epoxide rings is 1. The minimum Gasteiger partial charge on any atom is -0.456 e. The van der Waals surface area contributed by atoms with Crippen LogP contribution < -0.4 is 0 Å². The van der Waals surface area contributed by atoms with Crippen LogP contribution in [0.3, 0.4) is 0 Å². The van der Waals surface area contributed by atoms with Gasteiger partial charge in [-0.15, -0.1) is 0 Å². The molecule has 7 nitrogen and oxygen atoms in total. The van der Waals surface area contributed by atoms with Gasteiger partial charge in [0.1, 0.15) is 35.1 Å². The van der Waals surface area contributed by atoms with Gasteiger partial charge < -0.3 is 24.8 Å². The van der Waals surface area contributed by atoms with Crippen LogP contribution >= 0.6 is 0 Å². The van der Waals surface area contributed by atoms with Crippen LogP contribution in [0.1, 0.15) is 73.1 Å². The second-order valence-corrected chi connectivity index (χ2v) is 13.0. The summed E-state index contributed by atoms with van der Waals surface area (Å²) in [4.78, 5) is 25.7. The van der Waals surface area contributed by atoms with Crippen LogP contribution in [0.25, 0.3) is 0 Å². The molecule has 7 heteroatoms. The molecule has 0 aromatic carbocycles. The van der Waals surface area contributed by atoms with E-state index in [-0.39, 0.29) is 23.6 Å². The maximum atomic E-state index is 13.3. The second-order valence-electron chi connectivity index (χ2n) is 13.0. The molecule has 3 N–H and O–H groups in total. The van der Waals surface area contributed by atoms with E-state index in [0.717, 1.165) is 5.57 Å². The first kappa shape index (κ1) is 23.8.